The standard InChI is InChI=1S/C18H27N3O2/c1-4-21(5-2)14-13-19-18(23)15(3)20-17(22)12-11-16-9-7-6-8-10-16/h6-12,15H,4-5,13-14H2,1-3H3,(H,19,23)(H,20,22)/b12-11+. The van der Waals surface area contributed by atoms with Gasteiger partial charge in [-0.05, 0) is 31.7 Å². The van der Waals surface area contributed by atoms with E-state index in [0.717, 1.165) is 25.2 Å². The molecule has 1 atom stereocenters. The fraction of sp³-hybridized carbons (Fsp3) is 0.444. The van der Waals surface area contributed by atoms with Crippen LogP contribution in [0.2, 0.25) is 0 Å². The predicted molar refractivity (Wildman–Crippen MR) is 93.9 cm³/mol. The number of nitrogens with one attached hydrogen (secondary N) is 2. The number of amides is 2. The molecule has 0 spiro atoms. The van der Waals surface area contributed by atoms with Gasteiger partial charge < -0.3 is 15.5 Å². The first-order valence-corrected chi connectivity index (χ1v) is 8.10. The summed E-state index contributed by atoms with van der Waals surface area (Å²) < 4.78 is 0. The minimum absolute atomic E-state index is 0.168. The zero-order valence-corrected chi connectivity index (χ0v) is 14.2. The minimum atomic E-state index is -0.556. The van der Waals surface area contributed by atoms with Crippen molar-refractivity contribution in [3.05, 3.63) is 42.0 Å². The monoisotopic (exact) mass is 317 g/mol. The van der Waals surface area contributed by atoms with Crippen molar-refractivity contribution >= 4 is 17.9 Å². The maximum Gasteiger partial charge on any atom is 0.244 e. The van der Waals surface area contributed by atoms with Gasteiger partial charge in [0.25, 0.3) is 0 Å². The minimum Gasteiger partial charge on any atom is -0.353 e. The number of carbonyl (C=O) groups is 2. The molecule has 2 amide bonds. The van der Waals surface area contributed by atoms with Gasteiger partial charge in [0.2, 0.25) is 11.8 Å². The van der Waals surface area contributed by atoms with Crippen molar-refractivity contribution in [2.75, 3.05) is 26.2 Å². The van der Waals surface area contributed by atoms with E-state index >= 15 is 0 Å². The number of nitrogens with zero attached hydrogens (tertiary/aromatic N) is 1. The van der Waals surface area contributed by atoms with Gasteiger partial charge in [0, 0.05) is 19.2 Å². The van der Waals surface area contributed by atoms with Crippen molar-refractivity contribution in [1.29, 1.82) is 0 Å². The molecule has 0 aliphatic rings. The Morgan fingerprint density at radius 1 is 1.17 bits per heavy atom. The molecule has 2 N–H and O–H groups in total. The van der Waals surface area contributed by atoms with Crippen molar-refractivity contribution in [1.82, 2.24) is 15.5 Å². The highest BCUT2D eigenvalue weighted by atomic mass is 16.2. The van der Waals surface area contributed by atoms with Crippen LogP contribution in [0.15, 0.2) is 36.4 Å². The fourth-order valence-corrected chi connectivity index (χ4v) is 2.09. The summed E-state index contributed by atoms with van der Waals surface area (Å²) in [5.41, 5.74) is 0.943. The summed E-state index contributed by atoms with van der Waals surface area (Å²) in [7, 11) is 0. The number of rotatable bonds is 9. The molecule has 1 aromatic carbocycles. The van der Waals surface area contributed by atoms with Gasteiger partial charge in [-0.15, -0.1) is 0 Å². The van der Waals surface area contributed by atoms with Crippen molar-refractivity contribution in [2.45, 2.75) is 26.8 Å². The van der Waals surface area contributed by atoms with E-state index in [-0.39, 0.29) is 11.8 Å². The van der Waals surface area contributed by atoms with Crippen LogP contribution in [0.4, 0.5) is 0 Å². The molecule has 0 saturated heterocycles. The number of hydrogen-bond acceptors (Lipinski definition) is 3. The van der Waals surface area contributed by atoms with Crippen LogP contribution in [-0.4, -0.2) is 48.9 Å². The third kappa shape index (κ3) is 7.61. The number of carbonyl (C=O) groups excluding carboxylic acids is 2. The molecule has 1 unspecified atom stereocenters. The van der Waals surface area contributed by atoms with Crippen molar-refractivity contribution in [2.24, 2.45) is 0 Å². The molecule has 1 rings (SSSR count). The van der Waals surface area contributed by atoms with Gasteiger partial charge in [-0.2, -0.15) is 0 Å². The van der Waals surface area contributed by atoms with E-state index in [1.165, 1.54) is 6.08 Å². The molecule has 0 heterocycles. The molecule has 0 saturated carbocycles. The van der Waals surface area contributed by atoms with E-state index in [2.05, 4.69) is 29.4 Å². The lowest BCUT2D eigenvalue weighted by Crippen LogP contribution is -2.46. The molecular formula is C18H27N3O2. The topological polar surface area (TPSA) is 61.4 Å². The maximum absolute atomic E-state index is 11.9. The summed E-state index contributed by atoms with van der Waals surface area (Å²) in [6.45, 7) is 9.18. The average molecular weight is 317 g/mol. The van der Waals surface area contributed by atoms with Crippen LogP contribution in [0.5, 0.6) is 0 Å². The van der Waals surface area contributed by atoms with Gasteiger partial charge in [0.05, 0.1) is 0 Å². The molecule has 0 fully saturated rings. The summed E-state index contributed by atoms with van der Waals surface area (Å²) in [4.78, 5) is 26.0. The fourth-order valence-electron chi connectivity index (χ4n) is 2.09. The van der Waals surface area contributed by atoms with Crippen molar-refractivity contribution < 1.29 is 9.59 Å². The van der Waals surface area contributed by atoms with E-state index in [4.69, 9.17) is 0 Å². The maximum atomic E-state index is 11.9. The predicted octanol–water partition coefficient (Wildman–Crippen LogP) is 1.66. The summed E-state index contributed by atoms with van der Waals surface area (Å²) in [5.74, 6) is -0.445. The van der Waals surface area contributed by atoms with Crippen LogP contribution in [0.1, 0.15) is 26.3 Å². The van der Waals surface area contributed by atoms with E-state index in [1.54, 1.807) is 13.0 Å². The Balaban J connectivity index is 2.33. The van der Waals surface area contributed by atoms with Gasteiger partial charge in [0.15, 0.2) is 0 Å². The quantitative estimate of drug-likeness (QED) is 0.681. The molecule has 23 heavy (non-hydrogen) atoms. The first kappa shape index (κ1) is 18.9. The number of benzene rings is 1. The van der Waals surface area contributed by atoms with Crippen molar-refractivity contribution in [3.8, 4) is 0 Å². The third-order valence-electron chi connectivity index (χ3n) is 3.60. The Labute approximate surface area is 138 Å². The summed E-state index contributed by atoms with van der Waals surface area (Å²) in [6.07, 6.45) is 3.16. The highest BCUT2D eigenvalue weighted by Gasteiger charge is 2.13. The molecule has 126 valence electrons. The Morgan fingerprint density at radius 2 is 1.83 bits per heavy atom. The number of hydrogen-bond donors (Lipinski definition) is 2. The molecule has 5 heteroatoms. The van der Waals surface area contributed by atoms with Gasteiger partial charge in [-0.1, -0.05) is 44.2 Å². The molecule has 5 nitrogen and oxygen atoms in total. The molecule has 0 bridgehead atoms. The van der Waals surface area contributed by atoms with Crippen LogP contribution in [-0.2, 0) is 9.59 Å². The smallest absolute Gasteiger partial charge is 0.244 e. The first-order valence-electron chi connectivity index (χ1n) is 8.10. The van der Waals surface area contributed by atoms with Gasteiger partial charge >= 0.3 is 0 Å². The second kappa shape index (κ2) is 10.6. The zero-order valence-electron chi connectivity index (χ0n) is 14.2. The largest absolute Gasteiger partial charge is 0.353 e. The van der Waals surface area contributed by atoms with Gasteiger partial charge in [0.1, 0.15) is 6.04 Å². The lowest BCUT2D eigenvalue weighted by atomic mass is 10.2. The molecule has 0 aliphatic carbocycles. The summed E-state index contributed by atoms with van der Waals surface area (Å²) in [5, 5.41) is 5.51. The molecular weight excluding hydrogens is 290 g/mol. The van der Waals surface area contributed by atoms with Crippen LogP contribution < -0.4 is 10.6 Å². The van der Waals surface area contributed by atoms with Gasteiger partial charge in [-0.3, -0.25) is 9.59 Å². The second-order valence-corrected chi connectivity index (χ2v) is 5.29. The Morgan fingerprint density at radius 3 is 2.43 bits per heavy atom. The van der Waals surface area contributed by atoms with Gasteiger partial charge in [-0.25, -0.2) is 0 Å². The molecule has 1 aromatic rings. The summed E-state index contributed by atoms with van der Waals surface area (Å²) >= 11 is 0. The first-order chi connectivity index (χ1) is 11.1. The van der Waals surface area contributed by atoms with E-state index in [1.807, 2.05) is 30.3 Å². The summed E-state index contributed by atoms with van der Waals surface area (Å²) in [6, 6.07) is 9.00. The van der Waals surface area contributed by atoms with Crippen LogP contribution in [0.3, 0.4) is 0 Å². The average Bonchev–Trinajstić information content (AvgIpc) is 2.57. The second-order valence-electron chi connectivity index (χ2n) is 5.29. The Bertz CT molecular complexity index is 510. The number of likely N-dealkylation sites (N-methyl/N-ethyl adjacent to an activating group) is 1. The van der Waals surface area contributed by atoms with Crippen LogP contribution in [0.25, 0.3) is 6.08 Å². The normalized spacial score (nSPS) is 12.3. The Kier molecular flexibility index (Phi) is 8.68. The molecule has 0 radical (unpaired) electrons. The van der Waals surface area contributed by atoms with Crippen molar-refractivity contribution in [3.63, 3.8) is 0 Å². The SMILES string of the molecule is CCN(CC)CCNC(=O)C(C)NC(=O)/C=C/c1ccccc1. The van der Waals surface area contributed by atoms with E-state index < -0.39 is 6.04 Å². The third-order valence-corrected chi connectivity index (χ3v) is 3.60. The zero-order chi connectivity index (χ0) is 17.1. The van der Waals surface area contributed by atoms with E-state index in [9.17, 15) is 9.59 Å². The van der Waals surface area contributed by atoms with Crippen LogP contribution >= 0.6 is 0 Å². The highest BCUT2D eigenvalue weighted by Crippen LogP contribution is 2.00. The molecule has 0 aliphatic heterocycles. The Hall–Kier alpha value is -2.14. The van der Waals surface area contributed by atoms with E-state index in [0.29, 0.717) is 6.54 Å². The lowest BCUT2D eigenvalue weighted by molar-refractivity contribution is -0.126. The molecule has 0 aromatic heterocycles. The van der Waals surface area contributed by atoms with Crippen LogP contribution in [0, 0.1) is 0 Å². The highest BCUT2D eigenvalue weighted by molar-refractivity contribution is 5.95. The lowest BCUT2D eigenvalue weighted by Gasteiger charge is -2.19.